The van der Waals surface area contributed by atoms with Crippen molar-refractivity contribution in [2.75, 3.05) is 40.4 Å². The van der Waals surface area contributed by atoms with Gasteiger partial charge in [-0.25, -0.2) is 8.42 Å². The molecule has 28 heavy (non-hydrogen) atoms. The first-order valence-corrected chi connectivity index (χ1v) is 10.9. The number of quaternary nitrogens is 1. The average Bonchev–Trinajstić information content (AvgIpc) is 2.67. The minimum Gasteiger partial charge on any atom is -0.493 e. The summed E-state index contributed by atoms with van der Waals surface area (Å²) >= 11 is 0. The molecule has 0 aromatic heterocycles. The summed E-state index contributed by atoms with van der Waals surface area (Å²) in [5.74, 6) is 0.937. The van der Waals surface area contributed by atoms with Crippen molar-refractivity contribution in [2.24, 2.45) is 0 Å². The summed E-state index contributed by atoms with van der Waals surface area (Å²) in [6, 6.07) is 11.3. The van der Waals surface area contributed by atoms with Gasteiger partial charge in [-0.3, -0.25) is 0 Å². The molecule has 1 N–H and O–H groups in total. The second kappa shape index (κ2) is 8.51. The maximum absolute atomic E-state index is 13.0. The molecule has 2 aromatic carbocycles. The summed E-state index contributed by atoms with van der Waals surface area (Å²) in [5, 5.41) is 0. The molecule has 0 saturated carbocycles. The van der Waals surface area contributed by atoms with Crippen LogP contribution in [0.4, 0.5) is 0 Å². The highest BCUT2D eigenvalue weighted by atomic mass is 32.2. The van der Waals surface area contributed by atoms with Crippen LogP contribution in [0.1, 0.15) is 16.7 Å². The average molecular weight is 406 g/mol. The molecule has 1 aliphatic rings. The fraction of sp³-hybridized carbons (Fsp3) is 0.429. The van der Waals surface area contributed by atoms with Gasteiger partial charge in [0.1, 0.15) is 6.54 Å². The monoisotopic (exact) mass is 405 g/mol. The summed E-state index contributed by atoms with van der Waals surface area (Å²) < 4.78 is 38.1. The number of rotatable bonds is 6. The van der Waals surface area contributed by atoms with Gasteiger partial charge in [-0.1, -0.05) is 29.3 Å². The van der Waals surface area contributed by atoms with E-state index >= 15 is 0 Å². The molecule has 0 unspecified atom stereocenters. The predicted octanol–water partition coefficient (Wildman–Crippen LogP) is 1.41. The highest BCUT2D eigenvalue weighted by molar-refractivity contribution is 7.89. The number of piperazine rings is 1. The molecule has 1 heterocycles. The largest absolute Gasteiger partial charge is 0.493 e. The second-order valence-corrected chi connectivity index (χ2v) is 9.28. The lowest BCUT2D eigenvalue weighted by atomic mass is 10.1. The Labute approximate surface area is 167 Å². The van der Waals surface area contributed by atoms with Crippen molar-refractivity contribution < 1.29 is 22.8 Å². The number of methoxy groups -OCH3 is 2. The summed E-state index contributed by atoms with van der Waals surface area (Å²) in [5.41, 5.74) is 3.84. The Hall–Kier alpha value is -2.09. The van der Waals surface area contributed by atoms with Gasteiger partial charge in [0, 0.05) is 11.6 Å². The highest BCUT2D eigenvalue weighted by Gasteiger charge is 2.31. The summed E-state index contributed by atoms with van der Waals surface area (Å²) in [6.07, 6.45) is 0. The molecule has 1 aliphatic heterocycles. The molecular weight excluding hydrogens is 376 g/mol. The molecule has 0 amide bonds. The molecule has 7 heteroatoms. The maximum atomic E-state index is 13.0. The summed E-state index contributed by atoms with van der Waals surface area (Å²) in [4.78, 5) is 1.65. The number of aryl methyl sites for hydroxylation is 2. The molecule has 0 atom stereocenters. The number of hydrogen-bond acceptors (Lipinski definition) is 4. The van der Waals surface area contributed by atoms with E-state index in [4.69, 9.17) is 9.47 Å². The van der Waals surface area contributed by atoms with Gasteiger partial charge >= 0.3 is 0 Å². The van der Waals surface area contributed by atoms with E-state index in [0.29, 0.717) is 24.6 Å². The third kappa shape index (κ3) is 4.48. The zero-order valence-electron chi connectivity index (χ0n) is 17.0. The Kier molecular flexibility index (Phi) is 6.27. The van der Waals surface area contributed by atoms with Crippen molar-refractivity contribution in [1.82, 2.24) is 4.31 Å². The SMILES string of the molecule is COc1ccc(S(=O)(=O)N2CC[NH+](Cc3cc(C)cc(C)c3)CC2)cc1OC. The first kappa shape index (κ1) is 20.6. The smallest absolute Gasteiger partial charge is 0.243 e. The van der Waals surface area contributed by atoms with Crippen LogP contribution in [0.3, 0.4) is 0 Å². The van der Waals surface area contributed by atoms with Gasteiger partial charge in [-0.15, -0.1) is 0 Å². The van der Waals surface area contributed by atoms with Gasteiger partial charge in [-0.2, -0.15) is 4.31 Å². The standard InChI is InChI=1S/C21H28N2O4S/c1-16-11-17(2)13-18(12-16)15-22-7-9-23(10-8-22)28(24,25)19-5-6-20(26-3)21(14-19)27-4/h5-6,11-14H,7-10,15H2,1-4H3/p+1. The van der Waals surface area contributed by atoms with Crippen molar-refractivity contribution in [2.45, 2.75) is 25.3 Å². The molecule has 0 radical (unpaired) electrons. The van der Waals surface area contributed by atoms with Crippen molar-refractivity contribution in [1.29, 1.82) is 0 Å². The van der Waals surface area contributed by atoms with Crippen LogP contribution in [0, 0.1) is 13.8 Å². The van der Waals surface area contributed by atoms with Crippen molar-refractivity contribution in [3.05, 3.63) is 53.1 Å². The molecule has 6 nitrogen and oxygen atoms in total. The minimum absolute atomic E-state index is 0.239. The van der Waals surface area contributed by atoms with Crippen LogP contribution in [0.15, 0.2) is 41.3 Å². The Morgan fingerprint density at radius 3 is 2.11 bits per heavy atom. The summed E-state index contributed by atoms with van der Waals surface area (Å²) in [6.45, 7) is 7.75. The molecule has 3 rings (SSSR count). The van der Waals surface area contributed by atoms with Gasteiger partial charge in [-0.05, 0) is 26.0 Å². The third-order valence-corrected chi connectivity index (χ3v) is 7.05. The van der Waals surface area contributed by atoms with Gasteiger partial charge in [0.05, 0.1) is 45.3 Å². The van der Waals surface area contributed by atoms with Gasteiger partial charge in [0.25, 0.3) is 0 Å². The van der Waals surface area contributed by atoms with Crippen LogP contribution in [0.25, 0.3) is 0 Å². The number of nitrogens with zero attached hydrogens (tertiary/aromatic N) is 1. The fourth-order valence-corrected chi connectivity index (χ4v) is 5.26. The van der Waals surface area contributed by atoms with Crippen LogP contribution in [-0.4, -0.2) is 53.1 Å². The van der Waals surface area contributed by atoms with E-state index in [0.717, 1.165) is 19.6 Å². The lowest BCUT2D eigenvalue weighted by molar-refractivity contribution is -0.917. The molecule has 1 saturated heterocycles. The number of benzene rings is 2. The topological polar surface area (TPSA) is 60.3 Å². The van der Waals surface area contributed by atoms with Crippen LogP contribution in [0.2, 0.25) is 0 Å². The van der Waals surface area contributed by atoms with Crippen LogP contribution in [0.5, 0.6) is 11.5 Å². The zero-order valence-corrected chi connectivity index (χ0v) is 17.8. The molecule has 1 fully saturated rings. The Bertz CT molecular complexity index is 915. The van der Waals surface area contributed by atoms with Crippen molar-refractivity contribution in [3.63, 3.8) is 0 Å². The number of hydrogen-bond donors (Lipinski definition) is 1. The molecule has 0 spiro atoms. The van der Waals surface area contributed by atoms with Gasteiger partial charge in [0.15, 0.2) is 11.5 Å². The van der Waals surface area contributed by atoms with E-state index in [1.54, 1.807) is 16.4 Å². The Balaban J connectivity index is 1.68. The van der Waals surface area contributed by atoms with E-state index in [1.165, 1.54) is 41.9 Å². The lowest BCUT2D eigenvalue weighted by Crippen LogP contribution is -3.13. The van der Waals surface area contributed by atoms with Crippen molar-refractivity contribution >= 4 is 10.0 Å². The fourth-order valence-electron chi connectivity index (χ4n) is 3.81. The molecule has 0 aliphatic carbocycles. The Morgan fingerprint density at radius 1 is 0.929 bits per heavy atom. The predicted molar refractivity (Wildman–Crippen MR) is 109 cm³/mol. The van der Waals surface area contributed by atoms with Gasteiger partial charge in [0.2, 0.25) is 10.0 Å². The number of sulfonamides is 1. The first-order chi connectivity index (χ1) is 13.3. The normalized spacial score (nSPS) is 16.1. The molecular formula is C21H29N2O4S+. The molecule has 152 valence electrons. The van der Waals surface area contributed by atoms with E-state index in [2.05, 4.69) is 32.0 Å². The van der Waals surface area contributed by atoms with E-state index in [-0.39, 0.29) is 4.90 Å². The van der Waals surface area contributed by atoms with Crippen LogP contribution >= 0.6 is 0 Å². The third-order valence-electron chi connectivity index (χ3n) is 5.16. The second-order valence-electron chi connectivity index (χ2n) is 7.34. The summed E-state index contributed by atoms with van der Waals surface area (Å²) in [7, 11) is -0.510. The van der Waals surface area contributed by atoms with E-state index < -0.39 is 10.0 Å². The highest BCUT2D eigenvalue weighted by Crippen LogP contribution is 2.30. The van der Waals surface area contributed by atoms with Crippen LogP contribution < -0.4 is 14.4 Å². The van der Waals surface area contributed by atoms with Crippen LogP contribution in [-0.2, 0) is 16.6 Å². The van der Waals surface area contributed by atoms with Crippen molar-refractivity contribution in [3.8, 4) is 11.5 Å². The van der Waals surface area contributed by atoms with E-state index in [1.807, 2.05) is 0 Å². The molecule has 0 bridgehead atoms. The number of ether oxygens (including phenoxy) is 2. The zero-order chi connectivity index (χ0) is 20.3. The quantitative estimate of drug-likeness (QED) is 0.790. The number of nitrogens with one attached hydrogen (secondary N) is 1. The van der Waals surface area contributed by atoms with E-state index in [9.17, 15) is 8.42 Å². The lowest BCUT2D eigenvalue weighted by Gasteiger charge is -2.31. The minimum atomic E-state index is -3.54. The first-order valence-electron chi connectivity index (χ1n) is 9.46. The molecule has 2 aromatic rings. The van der Waals surface area contributed by atoms with Gasteiger partial charge < -0.3 is 14.4 Å². The maximum Gasteiger partial charge on any atom is 0.243 e. The Morgan fingerprint density at radius 2 is 1.54 bits per heavy atom.